The molecule has 9 nitrogen and oxygen atoms in total. The summed E-state index contributed by atoms with van der Waals surface area (Å²) in [6, 6.07) is 19.5. The van der Waals surface area contributed by atoms with E-state index in [4.69, 9.17) is 14.2 Å². The van der Waals surface area contributed by atoms with Crippen molar-refractivity contribution in [1.29, 1.82) is 0 Å². The zero-order valence-electron chi connectivity index (χ0n) is 21.7. The molecule has 10 heteroatoms. The molecule has 0 bridgehead atoms. The van der Waals surface area contributed by atoms with Gasteiger partial charge in [0, 0.05) is 18.3 Å². The van der Waals surface area contributed by atoms with Crippen LogP contribution in [0.2, 0.25) is 0 Å². The van der Waals surface area contributed by atoms with E-state index >= 15 is 0 Å². The quantitative estimate of drug-likeness (QED) is 0.251. The average molecular weight is 541 g/mol. The van der Waals surface area contributed by atoms with Gasteiger partial charge in [-0.2, -0.15) is 4.31 Å². The summed E-state index contributed by atoms with van der Waals surface area (Å²) in [6.45, 7) is 1.89. The fourth-order valence-corrected chi connectivity index (χ4v) is 4.98. The molecule has 0 saturated heterocycles. The van der Waals surface area contributed by atoms with E-state index in [1.54, 1.807) is 48.5 Å². The third-order valence-corrected chi connectivity index (χ3v) is 7.44. The molecule has 202 valence electrons. The molecule has 1 amide bonds. The first-order chi connectivity index (χ1) is 18.3. The van der Waals surface area contributed by atoms with Gasteiger partial charge in [-0.1, -0.05) is 43.7 Å². The van der Waals surface area contributed by atoms with Crippen molar-refractivity contribution in [2.75, 3.05) is 32.7 Å². The third-order valence-electron chi connectivity index (χ3n) is 5.65. The molecule has 0 fully saturated rings. The number of carbonyl (C=O) groups is 2. The smallest absolute Gasteiger partial charge is 0.338 e. The Morgan fingerprint density at radius 1 is 0.895 bits per heavy atom. The summed E-state index contributed by atoms with van der Waals surface area (Å²) in [6.07, 6.45) is 1.70. The van der Waals surface area contributed by atoms with Crippen LogP contribution in [0.15, 0.2) is 77.7 Å². The summed E-state index contributed by atoms with van der Waals surface area (Å²) in [7, 11) is -1.22. The SMILES string of the molecule is CCCCOC(=O)c1ccc(NC(=O)CN(Cc2ccccc2)S(=O)(=O)c2ccc(OC)c(OC)c2)cc1. The first-order valence-electron chi connectivity index (χ1n) is 12.1. The fourth-order valence-electron chi connectivity index (χ4n) is 3.58. The van der Waals surface area contributed by atoms with Gasteiger partial charge in [-0.3, -0.25) is 4.79 Å². The Bertz CT molecular complexity index is 1330. The molecular formula is C28H32N2O7S. The van der Waals surface area contributed by atoms with Gasteiger partial charge in [0.2, 0.25) is 15.9 Å². The zero-order valence-corrected chi connectivity index (χ0v) is 22.5. The zero-order chi connectivity index (χ0) is 27.5. The molecule has 0 saturated carbocycles. The van der Waals surface area contributed by atoms with Gasteiger partial charge >= 0.3 is 5.97 Å². The van der Waals surface area contributed by atoms with E-state index in [0.29, 0.717) is 23.6 Å². The van der Waals surface area contributed by atoms with E-state index < -0.39 is 28.4 Å². The van der Waals surface area contributed by atoms with Crippen LogP contribution in [0.4, 0.5) is 5.69 Å². The van der Waals surface area contributed by atoms with Crippen LogP contribution in [0.1, 0.15) is 35.7 Å². The maximum Gasteiger partial charge on any atom is 0.338 e. The van der Waals surface area contributed by atoms with Gasteiger partial charge < -0.3 is 19.5 Å². The Labute approximate surface area is 223 Å². The predicted molar refractivity (Wildman–Crippen MR) is 144 cm³/mol. The molecule has 1 N–H and O–H groups in total. The minimum Gasteiger partial charge on any atom is -0.493 e. The van der Waals surface area contributed by atoms with Crippen molar-refractivity contribution in [1.82, 2.24) is 4.31 Å². The lowest BCUT2D eigenvalue weighted by atomic mass is 10.2. The standard InChI is InChI=1S/C28H32N2O7S/c1-4-5-17-37-28(32)22-11-13-23(14-12-22)29-27(31)20-30(19-21-9-7-6-8-10-21)38(33,34)24-15-16-25(35-2)26(18-24)36-3/h6-16,18H,4-5,17,19-20H2,1-3H3,(H,29,31). The Morgan fingerprint density at radius 3 is 2.21 bits per heavy atom. The Morgan fingerprint density at radius 2 is 1.58 bits per heavy atom. The van der Waals surface area contributed by atoms with Crippen LogP contribution in [0.5, 0.6) is 11.5 Å². The lowest BCUT2D eigenvalue weighted by Crippen LogP contribution is -2.37. The first kappa shape index (κ1) is 28.7. The van der Waals surface area contributed by atoms with E-state index in [0.717, 1.165) is 22.7 Å². The second-order valence-electron chi connectivity index (χ2n) is 8.39. The number of benzene rings is 3. The van der Waals surface area contributed by atoms with Crippen molar-refractivity contribution >= 4 is 27.6 Å². The molecule has 0 spiro atoms. The van der Waals surface area contributed by atoms with Gasteiger partial charge in [-0.15, -0.1) is 0 Å². The van der Waals surface area contributed by atoms with Gasteiger partial charge in [0.05, 0.1) is 37.8 Å². The number of sulfonamides is 1. The summed E-state index contributed by atoms with van der Waals surface area (Å²) in [5.74, 6) is -0.336. The summed E-state index contributed by atoms with van der Waals surface area (Å²) in [5.41, 5.74) is 1.50. The van der Waals surface area contributed by atoms with Crippen LogP contribution in [-0.4, -0.2) is 52.0 Å². The first-order valence-corrected chi connectivity index (χ1v) is 13.6. The second kappa shape index (κ2) is 13.6. The topological polar surface area (TPSA) is 111 Å². The highest BCUT2D eigenvalue weighted by Crippen LogP contribution is 2.31. The molecule has 3 rings (SSSR count). The van der Waals surface area contributed by atoms with Crippen molar-refractivity contribution in [3.63, 3.8) is 0 Å². The number of esters is 1. The number of carbonyl (C=O) groups excluding carboxylic acids is 2. The molecule has 0 aromatic heterocycles. The lowest BCUT2D eigenvalue weighted by molar-refractivity contribution is -0.116. The summed E-state index contributed by atoms with van der Waals surface area (Å²) >= 11 is 0. The van der Waals surface area contributed by atoms with Gasteiger partial charge in [0.1, 0.15) is 0 Å². The third kappa shape index (κ3) is 7.56. The van der Waals surface area contributed by atoms with Crippen LogP contribution in [0.25, 0.3) is 0 Å². The molecule has 0 aliphatic carbocycles. The maximum atomic E-state index is 13.6. The molecule has 0 aliphatic rings. The summed E-state index contributed by atoms with van der Waals surface area (Å²) < 4.78 is 44.0. The normalized spacial score (nSPS) is 11.2. The Hall–Kier alpha value is -3.89. The van der Waals surface area contributed by atoms with Crippen LogP contribution in [-0.2, 0) is 26.1 Å². The van der Waals surface area contributed by atoms with E-state index in [1.807, 2.05) is 13.0 Å². The number of rotatable bonds is 13. The highest BCUT2D eigenvalue weighted by atomic mass is 32.2. The van der Waals surface area contributed by atoms with Crippen molar-refractivity contribution in [3.05, 3.63) is 83.9 Å². The van der Waals surface area contributed by atoms with E-state index in [9.17, 15) is 18.0 Å². The monoisotopic (exact) mass is 540 g/mol. The van der Waals surface area contributed by atoms with Gasteiger partial charge in [-0.05, 0) is 48.4 Å². The highest BCUT2D eigenvalue weighted by Gasteiger charge is 2.28. The van der Waals surface area contributed by atoms with Crippen molar-refractivity contribution in [2.45, 2.75) is 31.2 Å². The summed E-state index contributed by atoms with van der Waals surface area (Å²) in [5, 5.41) is 2.70. The lowest BCUT2D eigenvalue weighted by Gasteiger charge is -2.22. The number of ether oxygens (including phenoxy) is 3. The van der Waals surface area contributed by atoms with Crippen LogP contribution in [0, 0.1) is 0 Å². The number of nitrogens with zero attached hydrogens (tertiary/aromatic N) is 1. The van der Waals surface area contributed by atoms with Crippen LogP contribution >= 0.6 is 0 Å². The van der Waals surface area contributed by atoms with Crippen molar-refractivity contribution < 1.29 is 32.2 Å². The summed E-state index contributed by atoms with van der Waals surface area (Å²) in [4.78, 5) is 25.0. The molecule has 0 heterocycles. The minimum absolute atomic E-state index is 0.0204. The van der Waals surface area contributed by atoms with Crippen molar-refractivity contribution in [3.8, 4) is 11.5 Å². The number of hydrogen-bond acceptors (Lipinski definition) is 7. The molecular weight excluding hydrogens is 508 g/mol. The fraction of sp³-hybridized carbons (Fsp3) is 0.286. The Kier molecular flexibility index (Phi) is 10.3. The number of nitrogens with one attached hydrogen (secondary N) is 1. The molecule has 0 radical (unpaired) electrons. The van der Waals surface area contributed by atoms with Crippen LogP contribution in [0.3, 0.4) is 0 Å². The maximum absolute atomic E-state index is 13.6. The van der Waals surface area contributed by atoms with Crippen LogP contribution < -0.4 is 14.8 Å². The molecule has 0 unspecified atom stereocenters. The average Bonchev–Trinajstić information content (AvgIpc) is 2.93. The van der Waals surface area contributed by atoms with Gasteiger partial charge in [0.25, 0.3) is 0 Å². The van der Waals surface area contributed by atoms with E-state index in [1.165, 1.54) is 32.4 Å². The number of methoxy groups -OCH3 is 2. The molecule has 0 aliphatic heterocycles. The number of unbranched alkanes of at least 4 members (excludes halogenated alkanes) is 1. The van der Waals surface area contributed by atoms with E-state index in [2.05, 4.69) is 5.32 Å². The second-order valence-corrected chi connectivity index (χ2v) is 10.3. The Balaban J connectivity index is 1.79. The molecule has 0 atom stereocenters. The number of amides is 1. The highest BCUT2D eigenvalue weighted by molar-refractivity contribution is 7.89. The minimum atomic E-state index is -4.10. The van der Waals surface area contributed by atoms with Crippen molar-refractivity contribution in [2.24, 2.45) is 0 Å². The largest absolute Gasteiger partial charge is 0.493 e. The van der Waals surface area contributed by atoms with Gasteiger partial charge in [0.15, 0.2) is 11.5 Å². The molecule has 38 heavy (non-hydrogen) atoms. The molecule has 3 aromatic rings. The van der Waals surface area contributed by atoms with Gasteiger partial charge in [-0.25, -0.2) is 13.2 Å². The predicted octanol–water partition coefficient (Wildman–Crippen LogP) is 4.49. The van der Waals surface area contributed by atoms with E-state index in [-0.39, 0.29) is 17.2 Å². The molecule has 3 aromatic carbocycles. The number of hydrogen-bond donors (Lipinski definition) is 1. The number of anilines is 1.